The Morgan fingerprint density at radius 3 is 1.64 bits per heavy atom. The Balaban J connectivity index is 1.92. The molecule has 2 saturated heterocycles. The monoisotopic (exact) mass is 870 g/mol. The summed E-state index contributed by atoms with van der Waals surface area (Å²) in [6.07, 6.45) is 21.6. The number of unbranched alkanes of at least 4 members (excludes halogenated alkanes) is 15. The summed E-state index contributed by atoms with van der Waals surface area (Å²) in [7, 11) is 0. The lowest BCUT2D eigenvalue weighted by atomic mass is 9.97. The molecule has 12 atom stereocenters. The van der Waals surface area contributed by atoms with E-state index in [1.54, 1.807) is 6.08 Å². The molecule has 61 heavy (non-hydrogen) atoms. The van der Waals surface area contributed by atoms with Gasteiger partial charge in [0.2, 0.25) is 5.91 Å². The van der Waals surface area contributed by atoms with Crippen LogP contribution in [0.25, 0.3) is 0 Å². The summed E-state index contributed by atoms with van der Waals surface area (Å²) in [5, 5.41) is 86.4. The molecular weight excluding hydrogens is 787 g/mol. The van der Waals surface area contributed by atoms with Crippen LogP contribution in [0.4, 0.5) is 0 Å². The highest BCUT2D eigenvalue weighted by atomic mass is 16.7. The average Bonchev–Trinajstić information content (AvgIpc) is 3.26. The minimum absolute atomic E-state index is 0.258. The van der Waals surface area contributed by atoms with Crippen LogP contribution in [-0.2, 0) is 23.7 Å². The van der Waals surface area contributed by atoms with E-state index in [1.807, 2.05) is 6.08 Å². The van der Waals surface area contributed by atoms with E-state index in [2.05, 4.69) is 55.6 Å². The topological polar surface area (TPSA) is 228 Å². The molecule has 0 saturated carbocycles. The summed E-state index contributed by atoms with van der Waals surface area (Å²) in [6, 6.07) is -0.939. The summed E-state index contributed by atoms with van der Waals surface area (Å²) in [5.41, 5.74) is 0. The molecule has 2 heterocycles. The normalized spacial score (nSPS) is 28.4. The fourth-order valence-corrected chi connectivity index (χ4v) is 7.31. The van der Waals surface area contributed by atoms with Crippen molar-refractivity contribution in [3.63, 3.8) is 0 Å². The number of amides is 1. The minimum Gasteiger partial charge on any atom is -0.394 e. The minimum atomic E-state index is -1.79. The van der Waals surface area contributed by atoms with Crippen molar-refractivity contribution in [2.24, 2.45) is 0 Å². The van der Waals surface area contributed by atoms with Crippen molar-refractivity contribution in [2.75, 3.05) is 19.8 Å². The van der Waals surface area contributed by atoms with Gasteiger partial charge in [0.05, 0.1) is 32.0 Å². The quantitative estimate of drug-likeness (QED) is 0.0309. The SMILES string of the molecule is CCCCC/C=C/CC/C=C/CC/C=C/C(O)C(COC1OC(CO)C(OC2OC(CO)C(O)C(O)C2O)C(O)C1O)NC(=O)CCCCCCC/C=C\CCCCCCC. The molecule has 0 radical (unpaired) electrons. The summed E-state index contributed by atoms with van der Waals surface area (Å²) in [4.78, 5) is 13.1. The van der Waals surface area contributed by atoms with Crippen LogP contribution in [-0.4, -0.2) is 140 Å². The molecule has 2 aliphatic heterocycles. The van der Waals surface area contributed by atoms with E-state index in [9.17, 15) is 45.6 Å². The lowest BCUT2D eigenvalue weighted by Gasteiger charge is -2.46. The maximum Gasteiger partial charge on any atom is 0.220 e. The highest BCUT2D eigenvalue weighted by Gasteiger charge is 2.50. The van der Waals surface area contributed by atoms with Crippen LogP contribution in [0.5, 0.6) is 0 Å². The van der Waals surface area contributed by atoms with E-state index in [4.69, 9.17) is 18.9 Å². The molecule has 9 N–H and O–H groups in total. The van der Waals surface area contributed by atoms with Crippen molar-refractivity contribution in [2.45, 2.75) is 222 Å². The Morgan fingerprint density at radius 2 is 1.05 bits per heavy atom. The van der Waals surface area contributed by atoms with Gasteiger partial charge in [0.15, 0.2) is 12.6 Å². The molecule has 0 aliphatic carbocycles. The second kappa shape index (κ2) is 34.4. The van der Waals surface area contributed by atoms with E-state index < -0.39 is 86.8 Å². The molecule has 0 aromatic heterocycles. The first kappa shape index (κ1) is 55.1. The third-order valence-corrected chi connectivity index (χ3v) is 11.2. The maximum atomic E-state index is 13.1. The smallest absolute Gasteiger partial charge is 0.220 e. The molecule has 2 aliphatic rings. The Hall–Kier alpha value is -2.05. The van der Waals surface area contributed by atoms with Gasteiger partial charge in [-0.25, -0.2) is 0 Å². The number of hydrogen-bond donors (Lipinski definition) is 9. The molecule has 12 unspecified atom stereocenters. The van der Waals surface area contributed by atoms with Gasteiger partial charge in [-0.2, -0.15) is 0 Å². The zero-order chi connectivity index (χ0) is 44.7. The Bertz CT molecular complexity index is 1210. The van der Waals surface area contributed by atoms with Crippen LogP contribution in [0, 0.1) is 0 Å². The number of allylic oxidation sites excluding steroid dienone is 7. The fraction of sp³-hybridized carbons (Fsp3) is 0.809. The van der Waals surface area contributed by atoms with Crippen LogP contribution in [0.1, 0.15) is 149 Å². The summed E-state index contributed by atoms with van der Waals surface area (Å²) in [6.45, 7) is 2.68. The molecule has 2 rings (SSSR count). The Morgan fingerprint density at radius 1 is 0.574 bits per heavy atom. The number of aliphatic hydroxyl groups is 8. The van der Waals surface area contributed by atoms with Gasteiger partial charge in [-0.15, -0.1) is 0 Å². The molecule has 354 valence electrons. The number of carbonyl (C=O) groups excluding carboxylic acids is 1. The highest BCUT2D eigenvalue weighted by molar-refractivity contribution is 5.76. The zero-order valence-corrected chi connectivity index (χ0v) is 37.1. The summed E-state index contributed by atoms with van der Waals surface area (Å²) >= 11 is 0. The molecule has 14 nitrogen and oxygen atoms in total. The van der Waals surface area contributed by atoms with E-state index in [-0.39, 0.29) is 18.9 Å². The van der Waals surface area contributed by atoms with Gasteiger partial charge in [-0.05, 0) is 70.6 Å². The third kappa shape index (κ3) is 22.4. The number of ether oxygens (including phenoxy) is 4. The molecule has 2 fully saturated rings. The van der Waals surface area contributed by atoms with Gasteiger partial charge in [-0.1, -0.05) is 120 Å². The standard InChI is InChI=1S/C47H83NO13/c1-3-5-7-9-11-13-15-17-19-21-23-25-27-29-31-39(52)48-35(36(51)30-28-26-24-22-20-18-16-14-12-10-8-6-4-2)34-58-46-44(57)42(55)45(38(33-50)60-46)61-47-43(56)41(54)40(53)37(32-49)59-47/h12,14-15,17,20,22,28,30,35-38,40-47,49-51,53-57H,3-11,13,16,18-19,21,23-27,29,31-34H2,1-2H3,(H,48,52)/b14-12+,17-15-,22-20+,30-28+. The maximum absolute atomic E-state index is 13.1. The van der Waals surface area contributed by atoms with Gasteiger partial charge in [-0.3, -0.25) is 4.79 Å². The number of carbonyl (C=O) groups is 1. The largest absolute Gasteiger partial charge is 0.394 e. The molecule has 14 heteroatoms. The molecule has 0 aromatic rings. The molecule has 0 spiro atoms. The third-order valence-electron chi connectivity index (χ3n) is 11.2. The van der Waals surface area contributed by atoms with Crippen LogP contribution in [0.15, 0.2) is 48.6 Å². The number of rotatable bonds is 34. The number of hydrogen-bond acceptors (Lipinski definition) is 13. The van der Waals surface area contributed by atoms with Crippen molar-refractivity contribution < 1.29 is 64.6 Å². The summed E-state index contributed by atoms with van der Waals surface area (Å²) in [5.74, 6) is -0.267. The van der Waals surface area contributed by atoms with Crippen LogP contribution in [0.2, 0.25) is 0 Å². The lowest BCUT2D eigenvalue weighted by Crippen LogP contribution is -2.65. The summed E-state index contributed by atoms with van der Waals surface area (Å²) < 4.78 is 22.6. The predicted molar refractivity (Wildman–Crippen MR) is 235 cm³/mol. The predicted octanol–water partition coefficient (Wildman–Crippen LogP) is 4.93. The van der Waals surface area contributed by atoms with Crippen molar-refractivity contribution in [1.29, 1.82) is 0 Å². The number of nitrogens with one attached hydrogen (secondary N) is 1. The lowest BCUT2D eigenvalue weighted by molar-refractivity contribution is -0.359. The highest BCUT2D eigenvalue weighted by Crippen LogP contribution is 2.30. The van der Waals surface area contributed by atoms with Crippen LogP contribution >= 0.6 is 0 Å². The van der Waals surface area contributed by atoms with E-state index in [0.717, 1.165) is 64.2 Å². The van der Waals surface area contributed by atoms with Crippen molar-refractivity contribution >= 4 is 5.91 Å². The van der Waals surface area contributed by atoms with Gasteiger partial charge in [0, 0.05) is 6.42 Å². The first-order valence-corrected chi connectivity index (χ1v) is 23.4. The Labute approximate surface area is 365 Å². The molecule has 0 bridgehead atoms. The van der Waals surface area contributed by atoms with Gasteiger partial charge >= 0.3 is 0 Å². The molecule has 1 amide bonds. The average molecular weight is 870 g/mol. The first-order chi connectivity index (χ1) is 29.6. The van der Waals surface area contributed by atoms with Gasteiger partial charge < -0.3 is 65.1 Å². The van der Waals surface area contributed by atoms with Crippen molar-refractivity contribution in [3.8, 4) is 0 Å². The van der Waals surface area contributed by atoms with Crippen LogP contribution in [0.3, 0.4) is 0 Å². The van der Waals surface area contributed by atoms with Crippen LogP contribution < -0.4 is 5.32 Å². The van der Waals surface area contributed by atoms with Crippen molar-refractivity contribution in [3.05, 3.63) is 48.6 Å². The van der Waals surface area contributed by atoms with Gasteiger partial charge in [0.25, 0.3) is 0 Å². The second-order valence-corrected chi connectivity index (χ2v) is 16.5. The second-order valence-electron chi connectivity index (χ2n) is 16.5. The molecule has 0 aromatic carbocycles. The van der Waals surface area contributed by atoms with Crippen molar-refractivity contribution in [1.82, 2.24) is 5.32 Å². The van der Waals surface area contributed by atoms with E-state index >= 15 is 0 Å². The first-order valence-electron chi connectivity index (χ1n) is 23.4. The fourth-order valence-electron chi connectivity index (χ4n) is 7.31. The zero-order valence-electron chi connectivity index (χ0n) is 37.1. The Kier molecular flexibility index (Phi) is 31.0. The van der Waals surface area contributed by atoms with E-state index in [0.29, 0.717) is 12.8 Å². The van der Waals surface area contributed by atoms with Gasteiger partial charge in [0.1, 0.15) is 48.8 Å². The van der Waals surface area contributed by atoms with E-state index in [1.165, 1.54) is 51.4 Å². The molecular formula is C47H83NO13. The number of aliphatic hydroxyl groups excluding tert-OH is 8.